The smallest absolute Gasteiger partial charge is 0.124 e. The number of oxime groups is 1. The van der Waals surface area contributed by atoms with E-state index in [4.69, 9.17) is 4.84 Å². The molecule has 53 valence electrons. The van der Waals surface area contributed by atoms with E-state index in [2.05, 4.69) is 19.0 Å². The van der Waals surface area contributed by atoms with Gasteiger partial charge in [-0.3, -0.25) is 0 Å². The van der Waals surface area contributed by atoms with Gasteiger partial charge in [0.2, 0.25) is 0 Å². The van der Waals surface area contributed by atoms with Crippen LogP contribution >= 0.6 is 0 Å². The van der Waals surface area contributed by atoms with Gasteiger partial charge in [0.05, 0.1) is 0 Å². The molecule has 0 aliphatic rings. The first-order valence-corrected chi connectivity index (χ1v) is 3.28. The molecule has 0 aliphatic heterocycles. The molecule has 0 heterocycles. The van der Waals surface area contributed by atoms with E-state index in [-0.39, 0.29) is 6.10 Å². The van der Waals surface area contributed by atoms with Gasteiger partial charge in [-0.05, 0) is 26.7 Å². The minimum absolute atomic E-state index is 0.229. The van der Waals surface area contributed by atoms with Crippen LogP contribution in [0.1, 0.15) is 26.7 Å². The van der Waals surface area contributed by atoms with E-state index in [0.717, 1.165) is 6.42 Å². The standard InChI is InChI=1S/C7H14NO/c1-4-6-8-9-7(3)5-2/h6-7H,1,4-5H2,2-3H3. The molecular weight excluding hydrogens is 114 g/mol. The fourth-order valence-corrected chi connectivity index (χ4v) is 0.274. The third-order valence-electron chi connectivity index (χ3n) is 1.02. The van der Waals surface area contributed by atoms with Crippen LogP contribution in [-0.4, -0.2) is 12.3 Å². The minimum Gasteiger partial charge on any atom is -0.393 e. The second-order valence-corrected chi connectivity index (χ2v) is 1.90. The highest BCUT2D eigenvalue weighted by atomic mass is 16.6. The molecule has 0 rings (SSSR count). The molecule has 1 radical (unpaired) electrons. The summed E-state index contributed by atoms with van der Waals surface area (Å²) in [5, 5.41) is 3.67. The van der Waals surface area contributed by atoms with Crippen molar-refractivity contribution in [1.82, 2.24) is 0 Å². The Morgan fingerprint density at radius 3 is 2.89 bits per heavy atom. The zero-order chi connectivity index (χ0) is 7.11. The first kappa shape index (κ1) is 8.47. The number of hydrogen-bond acceptors (Lipinski definition) is 2. The van der Waals surface area contributed by atoms with Crippen LogP contribution in [0.3, 0.4) is 0 Å². The van der Waals surface area contributed by atoms with Gasteiger partial charge in [0, 0.05) is 6.21 Å². The van der Waals surface area contributed by atoms with Gasteiger partial charge in [0.1, 0.15) is 6.10 Å². The molecule has 0 aromatic heterocycles. The van der Waals surface area contributed by atoms with Gasteiger partial charge in [-0.2, -0.15) is 0 Å². The fourth-order valence-electron chi connectivity index (χ4n) is 0.274. The highest BCUT2D eigenvalue weighted by Crippen LogP contribution is 1.94. The quantitative estimate of drug-likeness (QED) is 0.419. The predicted molar refractivity (Wildman–Crippen MR) is 39.3 cm³/mol. The Kier molecular flexibility index (Phi) is 5.27. The van der Waals surface area contributed by atoms with Crippen LogP contribution < -0.4 is 0 Å². The van der Waals surface area contributed by atoms with E-state index in [1.165, 1.54) is 0 Å². The average molecular weight is 128 g/mol. The second kappa shape index (κ2) is 5.60. The summed E-state index contributed by atoms with van der Waals surface area (Å²) in [7, 11) is 0. The molecule has 0 bridgehead atoms. The number of rotatable bonds is 4. The highest BCUT2D eigenvalue weighted by molar-refractivity contribution is 5.56. The van der Waals surface area contributed by atoms with Crippen molar-refractivity contribution in [2.45, 2.75) is 32.8 Å². The van der Waals surface area contributed by atoms with Gasteiger partial charge >= 0.3 is 0 Å². The minimum atomic E-state index is 0.229. The molecule has 0 N–H and O–H groups in total. The largest absolute Gasteiger partial charge is 0.393 e. The maximum absolute atomic E-state index is 4.96. The highest BCUT2D eigenvalue weighted by Gasteiger charge is 1.93. The van der Waals surface area contributed by atoms with Gasteiger partial charge in [-0.25, -0.2) is 0 Å². The van der Waals surface area contributed by atoms with Gasteiger partial charge in [-0.1, -0.05) is 12.1 Å². The van der Waals surface area contributed by atoms with E-state index in [1.807, 2.05) is 6.92 Å². The Balaban J connectivity index is 3.15. The molecule has 0 saturated carbocycles. The van der Waals surface area contributed by atoms with Crippen LogP contribution in [0.5, 0.6) is 0 Å². The maximum Gasteiger partial charge on any atom is 0.124 e. The normalized spacial score (nSPS) is 14.1. The maximum atomic E-state index is 4.96. The van der Waals surface area contributed by atoms with Crippen molar-refractivity contribution in [1.29, 1.82) is 0 Å². The Hall–Kier alpha value is -0.530. The van der Waals surface area contributed by atoms with Crippen LogP contribution in [0, 0.1) is 6.92 Å². The summed E-state index contributed by atoms with van der Waals surface area (Å²) in [6.07, 6.45) is 3.57. The number of nitrogens with zero attached hydrogens (tertiary/aromatic N) is 1. The first-order valence-electron chi connectivity index (χ1n) is 3.28. The summed E-state index contributed by atoms with van der Waals surface area (Å²) in [5.41, 5.74) is 0. The van der Waals surface area contributed by atoms with Gasteiger partial charge in [0.25, 0.3) is 0 Å². The van der Waals surface area contributed by atoms with E-state index in [9.17, 15) is 0 Å². The summed E-state index contributed by atoms with van der Waals surface area (Å²) in [6.45, 7) is 7.63. The van der Waals surface area contributed by atoms with Crippen LogP contribution in [0.4, 0.5) is 0 Å². The van der Waals surface area contributed by atoms with E-state index >= 15 is 0 Å². The lowest BCUT2D eigenvalue weighted by molar-refractivity contribution is 0.0708. The van der Waals surface area contributed by atoms with Crippen molar-refractivity contribution in [3.05, 3.63) is 6.92 Å². The van der Waals surface area contributed by atoms with Crippen LogP contribution in [0.2, 0.25) is 0 Å². The molecule has 0 spiro atoms. The van der Waals surface area contributed by atoms with Crippen molar-refractivity contribution < 1.29 is 4.84 Å². The monoisotopic (exact) mass is 128 g/mol. The molecule has 0 aliphatic carbocycles. The van der Waals surface area contributed by atoms with Gasteiger partial charge in [-0.15, -0.1) is 0 Å². The van der Waals surface area contributed by atoms with Crippen LogP contribution in [0.15, 0.2) is 5.16 Å². The number of hydrogen-bond donors (Lipinski definition) is 0. The van der Waals surface area contributed by atoms with Crippen molar-refractivity contribution in [2.24, 2.45) is 5.16 Å². The second-order valence-electron chi connectivity index (χ2n) is 1.90. The molecule has 0 amide bonds. The molecule has 1 unspecified atom stereocenters. The van der Waals surface area contributed by atoms with Crippen molar-refractivity contribution >= 4 is 6.21 Å². The first-order chi connectivity index (χ1) is 4.31. The lowest BCUT2D eigenvalue weighted by atomic mass is 10.3. The summed E-state index contributed by atoms with van der Waals surface area (Å²) in [5.74, 6) is 0. The van der Waals surface area contributed by atoms with E-state index in [1.54, 1.807) is 6.21 Å². The molecule has 2 heteroatoms. The summed E-state index contributed by atoms with van der Waals surface area (Å²) >= 11 is 0. The molecular formula is C7H14NO. The van der Waals surface area contributed by atoms with Crippen molar-refractivity contribution in [2.75, 3.05) is 0 Å². The fraction of sp³-hybridized carbons (Fsp3) is 0.714. The van der Waals surface area contributed by atoms with Gasteiger partial charge < -0.3 is 4.84 Å². The third kappa shape index (κ3) is 5.34. The molecule has 0 aromatic rings. The SMILES string of the molecule is [CH2]CC=NOC(C)CC. The molecule has 9 heavy (non-hydrogen) atoms. The lowest BCUT2D eigenvalue weighted by Gasteiger charge is -2.03. The van der Waals surface area contributed by atoms with E-state index < -0.39 is 0 Å². The van der Waals surface area contributed by atoms with Crippen molar-refractivity contribution in [3.63, 3.8) is 0 Å². The Labute approximate surface area is 56.9 Å². The average Bonchev–Trinajstić information content (AvgIpc) is 1.89. The summed E-state index contributed by atoms with van der Waals surface area (Å²) in [6, 6.07) is 0. The molecule has 0 saturated heterocycles. The van der Waals surface area contributed by atoms with Crippen LogP contribution in [-0.2, 0) is 4.84 Å². The summed E-state index contributed by atoms with van der Waals surface area (Å²) < 4.78 is 0. The Morgan fingerprint density at radius 1 is 1.78 bits per heavy atom. The topological polar surface area (TPSA) is 21.6 Å². The Bertz CT molecular complexity index is 81.0. The van der Waals surface area contributed by atoms with Crippen molar-refractivity contribution in [3.8, 4) is 0 Å². The van der Waals surface area contributed by atoms with Crippen LogP contribution in [0.25, 0.3) is 0 Å². The third-order valence-corrected chi connectivity index (χ3v) is 1.02. The molecule has 0 aromatic carbocycles. The lowest BCUT2D eigenvalue weighted by Crippen LogP contribution is -2.00. The van der Waals surface area contributed by atoms with E-state index in [0.29, 0.717) is 6.42 Å². The predicted octanol–water partition coefficient (Wildman–Crippen LogP) is 2.01. The molecule has 2 nitrogen and oxygen atoms in total. The Morgan fingerprint density at radius 2 is 2.44 bits per heavy atom. The zero-order valence-electron chi connectivity index (χ0n) is 6.13. The molecule has 0 fully saturated rings. The zero-order valence-corrected chi connectivity index (χ0v) is 6.13. The molecule has 1 atom stereocenters. The summed E-state index contributed by atoms with van der Waals surface area (Å²) in [4.78, 5) is 4.96. The van der Waals surface area contributed by atoms with Gasteiger partial charge in [0.15, 0.2) is 0 Å².